The fraction of sp³-hybridized carbons (Fsp3) is 0.620. The van der Waals surface area contributed by atoms with Gasteiger partial charge in [-0.1, -0.05) is 187 Å². The van der Waals surface area contributed by atoms with Gasteiger partial charge in [-0.05, 0) is 96.3 Å². The number of aliphatic hydroxyl groups excluding tert-OH is 1. The number of amides is 1. The summed E-state index contributed by atoms with van der Waals surface area (Å²) in [6.45, 7) is 4.41. The second-order valence-corrected chi connectivity index (χ2v) is 16.4. The van der Waals surface area contributed by atoms with E-state index in [1.165, 1.54) is 76.7 Å². The van der Waals surface area contributed by atoms with Crippen LogP contribution in [0.5, 0.6) is 0 Å². The Bertz CT molecular complexity index is 1300. The molecule has 0 saturated carbocycles. The second-order valence-electron chi connectivity index (χ2n) is 14.9. The maximum atomic E-state index is 12.5. The first-order chi connectivity index (χ1) is 27.8. The summed E-state index contributed by atoms with van der Waals surface area (Å²) in [5.41, 5.74) is 0. The van der Waals surface area contributed by atoms with Crippen LogP contribution < -0.4 is 5.32 Å². The predicted octanol–water partition coefficient (Wildman–Crippen LogP) is 13.9. The molecule has 0 aromatic carbocycles. The third-order valence-corrected chi connectivity index (χ3v) is 10.2. The molecule has 0 saturated heterocycles. The summed E-state index contributed by atoms with van der Waals surface area (Å²) in [6.07, 6.45) is 65.1. The minimum Gasteiger partial charge on any atom is -0.387 e. The van der Waals surface area contributed by atoms with Crippen LogP contribution in [0.1, 0.15) is 181 Å². The van der Waals surface area contributed by atoms with Gasteiger partial charge in [-0.2, -0.15) is 8.42 Å². The molecule has 2 unspecified atom stereocenters. The first kappa shape index (κ1) is 54.0. The van der Waals surface area contributed by atoms with E-state index >= 15 is 0 Å². The van der Waals surface area contributed by atoms with E-state index < -0.39 is 28.0 Å². The Kier molecular flexibility index (Phi) is 40.4. The van der Waals surface area contributed by atoms with Crippen LogP contribution in [-0.4, -0.2) is 41.9 Å². The average Bonchev–Trinajstić information content (AvgIpc) is 3.18. The van der Waals surface area contributed by atoms with Gasteiger partial charge in [0.15, 0.2) is 0 Å². The number of aliphatic hydroxyl groups is 1. The van der Waals surface area contributed by atoms with Crippen molar-refractivity contribution in [2.45, 2.75) is 193 Å². The zero-order chi connectivity index (χ0) is 41.8. The molecule has 0 spiro atoms. The van der Waals surface area contributed by atoms with E-state index in [1.807, 2.05) is 0 Å². The van der Waals surface area contributed by atoms with Gasteiger partial charge in [0.1, 0.15) is 0 Å². The van der Waals surface area contributed by atoms with E-state index in [0.717, 1.165) is 77.0 Å². The molecule has 0 aliphatic rings. The Morgan fingerprint density at radius 3 is 1.32 bits per heavy atom. The summed E-state index contributed by atoms with van der Waals surface area (Å²) in [5.74, 6) is -1.08. The van der Waals surface area contributed by atoms with Crippen molar-refractivity contribution in [3.05, 3.63) is 109 Å². The van der Waals surface area contributed by atoms with Gasteiger partial charge >= 0.3 is 0 Å². The molecule has 0 fully saturated rings. The number of rotatable bonds is 39. The van der Waals surface area contributed by atoms with Crippen LogP contribution in [-0.2, 0) is 14.9 Å². The van der Waals surface area contributed by atoms with Crippen LogP contribution in [0.2, 0.25) is 0 Å². The van der Waals surface area contributed by atoms with Gasteiger partial charge in [0, 0.05) is 6.42 Å². The van der Waals surface area contributed by atoms with Gasteiger partial charge in [-0.3, -0.25) is 9.35 Å². The molecule has 3 N–H and O–H groups in total. The molecule has 0 heterocycles. The molecule has 1 amide bonds. The van der Waals surface area contributed by atoms with Crippen molar-refractivity contribution >= 4 is 16.0 Å². The number of hydrogen-bond donors (Lipinski definition) is 3. The molecule has 0 bridgehead atoms. The summed E-state index contributed by atoms with van der Waals surface area (Å²) >= 11 is 0. The van der Waals surface area contributed by atoms with Gasteiger partial charge in [0.2, 0.25) is 5.91 Å². The standard InChI is InChI=1S/C50H83NO5S/c1-3-5-7-9-11-13-15-17-19-21-23-25-27-29-31-33-35-37-39-41-43-45-49(52)48(47-57(54,55)56)51-50(53)46-44-42-40-38-36-34-32-30-28-26-24-22-20-18-16-14-12-10-8-6-4-2/h6,8,12,14,18,20,24,26-27,29-30,32,35-38,43,45,48-49,52H,3-5,7,9-11,13,15-17,19,21-23,25,28,31,33-34,39-42,44,46-47H2,1-2H3,(H,51,53)(H,54,55,56)/b8-6-,14-12-,20-18-,26-24-,29-27+,32-30-,37-35+,38-36-,45-43+. The summed E-state index contributed by atoms with van der Waals surface area (Å²) in [4.78, 5) is 12.5. The van der Waals surface area contributed by atoms with Crippen molar-refractivity contribution in [2.75, 3.05) is 5.75 Å². The number of allylic oxidation sites excluding steroid dienone is 17. The van der Waals surface area contributed by atoms with Gasteiger partial charge in [-0.25, -0.2) is 0 Å². The zero-order valence-electron chi connectivity index (χ0n) is 36.2. The van der Waals surface area contributed by atoms with Gasteiger partial charge < -0.3 is 10.4 Å². The Labute approximate surface area is 351 Å². The number of nitrogens with one attached hydrogen (secondary N) is 1. The molecule has 0 rings (SSSR count). The van der Waals surface area contributed by atoms with E-state index in [9.17, 15) is 22.9 Å². The highest BCUT2D eigenvalue weighted by atomic mass is 32.2. The Balaban J connectivity index is 4.08. The van der Waals surface area contributed by atoms with Crippen molar-refractivity contribution in [3.63, 3.8) is 0 Å². The average molecular weight is 810 g/mol. The lowest BCUT2D eigenvalue weighted by molar-refractivity contribution is -0.122. The highest BCUT2D eigenvalue weighted by Crippen LogP contribution is 2.12. The van der Waals surface area contributed by atoms with Gasteiger partial charge in [-0.15, -0.1) is 0 Å². The third-order valence-electron chi connectivity index (χ3n) is 9.41. The van der Waals surface area contributed by atoms with E-state index in [4.69, 9.17) is 0 Å². The quantitative estimate of drug-likeness (QED) is 0.0326. The normalized spacial score (nSPS) is 14.2. The lowest BCUT2D eigenvalue weighted by atomic mass is 10.1. The Hall–Kier alpha value is -3.00. The second kappa shape index (κ2) is 42.6. The van der Waals surface area contributed by atoms with E-state index in [-0.39, 0.29) is 12.3 Å². The molecule has 0 aliphatic heterocycles. The molecular weight excluding hydrogens is 727 g/mol. The smallest absolute Gasteiger partial charge is 0.267 e. The minimum absolute atomic E-state index is 0.223. The number of carbonyl (C=O) groups excluding carboxylic acids is 1. The first-order valence-corrected chi connectivity index (χ1v) is 24.2. The summed E-state index contributed by atoms with van der Waals surface area (Å²) in [5, 5.41) is 13.2. The van der Waals surface area contributed by atoms with Crippen LogP contribution in [0.3, 0.4) is 0 Å². The van der Waals surface area contributed by atoms with Crippen molar-refractivity contribution < 1.29 is 22.9 Å². The minimum atomic E-state index is -4.38. The monoisotopic (exact) mass is 810 g/mol. The van der Waals surface area contributed by atoms with E-state index in [1.54, 1.807) is 6.08 Å². The molecule has 7 heteroatoms. The maximum Gasteiger partial charge on any atom is 0.267 e. The van der Waals surface area contributed by atoms with Gasteiger partial charge in [0.25, 0.3) is 10.1 Å². The van der Waals surface area contributed by atoms with E-state index in [2.05, 4.69) is 116 Å². The SMILES string of the molecule is CC/C=C\C/C=C\C/C=C\C/C=C\C/C=C\C/C=C\CCCCC(=O)NC(CS(=O)(=O)O)C(O)/C=C/CC/C=C/CC/C=C/CCCCCCCCCCCCC. The van der Waals surface area contributed by atoms with Crippen molar-refractivity contribution in [2.24, 2.45) is 0 Å². The molecular formula is C50H83NO5S. The zero-order valence-corrected chi connectivity index (χ0v) is 37.0. The Morgan fingerprint density at radius 2 is 0.860 bits per heavy atom. The molecule has 0 aliphatic carbocycles. The highest BCUT2D eigenvalue weighted by Gasteiger charge is 2.24. The summed E-state index contributed by atoms with van der Waals surface area (Å²) in [6, 6.07) is -1.11. The van der Waals surface area contributed by atoms with Crippen LogP contribution in [0.4, 0.5) is 0 Å². The number of carbonyl (C=O) groups is 1. The first-order valence-electron chi connectivity index (χ1n) is 22.6. The fourth-order valence-corrected chi connectivity index (χ4v) is 6.81. The molecule has 0 aromatic heterocycles. The molecule has 6 nitrogen and oxygen atoms in total. The molecule has 2 atom stereocenters. The molecule has 0 radical (unpaired) electrons. The molecule has 57 heavy (non-hydrogen) atoms. The lowest BCUT2D eigenvalue weighted by Gasteiger charge is -2.21. The van der Waals surface area contributed by atoms with Crippen LogP contribution in [0.15, 0.2) is 109 Å². The Morgan fingerprint density at radius 1 is 0.491 bits per heavy atom. The third kappa shape index (κ3) is 44.0. The fourth-order valence-electron chi connectivity index (χ4n) is 6.07. The van der Waals surface area contributed by atoms with E-state index in [0.29, 0.717) is 12.8 Å². The number of hydrogen-bond acceptors (Lipinski definition) is 4. The predicted molar refractivity (Wildman–Crippen MR) is 248 cm³/mol. The maximum absolute atomic E-state index is 12.5. The topological polar surface area (TPSA) is 104 Å². The molecule has 0 aromatic rings. The largest absolute Gasteiger partial charge is 0.387 e. The summed E-state index contributed by atoms with van der Waals surface area (Å²) < 4.78 is 32.6. The van der Waals surface area contributed by atoms with Crippen LogP contribution in [0.25, 0.3) is 0 Å². The van der Waals surface area contributed by atoms with Gasteiger partial charge in [0.05, 0.1) is 17.9 Å². The highest BCUT2D eigenvalue weighted by molar-refractivity contribution is 7.85. The van der Waals surface area contributed by atoms with Crippen molar-refractivity contribution in [1.82, 2.24) is 5.32 Å². The van der Waals surface area contributed by atoms with Crippen molar-refractivity contribution in [1.29, 1.82) is 0 Å². The summed E-state index contributed by atoms with van der Waals surface area (Å²) in [7, 11) is -4.38. The van der Waals surface area contributed by atoms with Crippen LogP contribution >= 0.6 is 0 Å². The van der Waals surface area contributed by atoms with Crippen molar-refractivity contribution in [3.8, 4) is 0 Å². The van der Waals surface area contributed by atoms with Crippen LogP contribution in [0, 0.1) is 0 Å². The molecule has 324 valence electrons. The number of unbranched alkanes of at least 4 members (excludes halogenated alkanes) is 15. The lowest BCUT2D eigenvalue weighted by Crippen LogP contribution is -2.46.